The minimum absolute atomic E-state index is 0.160. The number of carbonyl (C=O) groups is 1. The maximum absolute atomic E-state index is 12.1. The van der Waals surface area contributed by atoms with E-state index >= 15 is 0 Å². The Kier molecular flexibility index (Phi) is 3.10. The molecule has 1 fully saturated rings. The summed E-state index contributed by atoms with van der Waals surface area (Å²) in [5, 5.41) is 0. The molecule has 80 valence electrons. The quantitative estimate of drug-likeness (QED) is 0.766. The van der Waals surface area contributed by atoms with Crippen LogP contribution >= 0.6 is 15.9 Å². The molecule has 1 atom stereocenters. The van der Waals surface area contributed by atoms with Crippen LogP contribution in [0.1, 0.15) is 30.1 Å². The minimum Gasteiger partial charge on any atom is -0.336 e. The lowest BCUT2D eigenvalue weighted by Crippen LogP contribution is -2.33. The van der Waals surface area contributed by atoms with E-state index in [0.717, 1.165) is 29.4 Å². The van der Waals surface area contributed by atoms with Gasteiger partial charge >= 0.3 is 0 Å². The largest absolute Gasteiger partial charge is 0.336 e. The number of carbonyl (C=O) groups excluding carboxylic acids is 1. The highest BCUT2D eigenvalue weighted by molar-refractivity contribution is 9.10. The van der Waals surface area contributed by atoms with E-state index in [-0.39, 0.29) is 5.91 Å². The third kappa shape index (κ3) is 2.23. The first kappa shape index (κ1) is 10.7. The van der Waals surface area contributed by atoms with Crippen molar-refractivity contribution in [2.75, 3.05) is 6.54 Å². The van der Waals surface area contributed by atoms with Gasteiger partial charge in [-0.05, 0) is 44.0 Å². The monoisotopic (exact) mass is 267 g/mol. The van der Waals surface area contributed by atoms with Crippen LogP contribution in [0.4, 0.5) is 0 Å². The van der Waals surface area contributed by atoms with E-state index < -0.39 is 0 Å². The highest BCUT2D eigenvalue weighted by atomic mass is 79.9. The minimum atomic E-state index is 0.160. The van der Waals surface area contributed by atoms with Crippen molar-refractivity contribution in [2.24, 2.45) is 0 Å². The van der Waals surface area contributed by atoms with Gasteiger partial charge in [0, 0.05) is 22.6 Å². The number of amides is 1. The fourth-order valence-corrected chi connectivity index (χ4v) is 2.26. The zero-order valence-corrected chi connectivity index (χ0v) is 10.3. The van der Waals surface area contributed by atoms with Crippen LogP contribution in [0.25, 0.3) is 0 Å². The molecule has 1 amide bonds. The normalized spacial score (nSPS) is 20.7. The average Bonchev–Trinajstić information content (AvgIpc) is 2.65. The molecule has 0 aromatic heterocycles. The van der Waals surface area contributed by atoms with Gasteiger partial charge in [0.25, 0.3) is 5.91 Å². The molecule has 1 saturated heterocycles. The van der Waals surface area contributed by atoms with Crippen molar-refractivity contribution >= 4 is 21.8 Å². The maximum atomic E-state index is 12.1. The fourth-order valence-electron chi connectivity index (χ4n) is 1.99. The van der Waals surface area contributed by atoms with E-state index in [0.29, 0.717) is 6.04 Å². The number of rotatable bonds is 1. The maximum Gasteiger partial charge on any atom is 0.254 e. The molecule has 0 radical (unpaired) electrons. The van der Waals surface area contributed by atoms with E-state index in [1.807, 2.05) is 29.2 Å². The summed E-state index contributed by atoms with van der Waals surface area (Å²) in [4.78, 5) is 14.0. The third-order valence-corrected chi connectivity index (χ3v) is 3.43. The molecule has 0 aliphatic carbocycles. The summed E-state index contributed by atoms with van der Waals surface area (Å²) in [7, 11) is 0. The van der Waals surface area contributed by atoms with Gasteiger partial charge in [-0.25, -0.2) is 0 Å². The van der Waals surface area contributed by atoms with Crippen LogP contribution in [-0.2, 0) is 0 Å². The smallest absolute Gasteiger partial charge is 0.254 e. The first-order valence-electron chi connectivity index (χ1n) is 5.25. The van der Waals surface area contributed by atoms with E-state index in [9.17, 15) is 4.79 Å². The zero-order valence-electron chi connectivity index (χ0n) is 8.74. The topological polar surface area (TPSA) is 20.3 Å². The molecular weight excluding hydrogens is 254 g/mol. The number of halogens is 1. The van der Waals surface area contributed by atoms with Gasteiger partial charge in [0.1, 0.15) is 0 Å². The Bertz CT molecular complexity index is 360. The zero-order chi connectivity index (χ0) is 10.8. The summed E-state index contributed by atoms with van der Waals surface area (Å²) in [6.45, 7) is 3.01. The van der Waals surface area contributed by atoms with Gasteiger partial charge in [-0.3, -0.25) is 4.79 Å². The molecular formula is C12H14BrNO. The van der Waals surface area contributed by atoms with Crippen molar-refractivity contribution in [2.45, 2.75) is 25.8 Å². The molecule has 0 N–H and O–H groups in total. The van der Waals surface area contributed by atoms with Crippen LogP contribution in [0.3, 0.4) is 0 Å². The van der Waals surface area contributed by atoms with Gasteiger partial charge in [-0.2, -0.15) is 0 Å². The van der Waals surface area contributed by atoms with Crippen LogP contribution < -0.4 is 0 Å². The van der Waals surface area contributed by atoms with Crippen LogP contribution in [0.15, 0.2) is 28.7 Å². The van der Waals surface area contributed by atoms with E-state index in [2.05, 4.69) is 22.9 Å². The molecule has 0 spiro atoms. The SMILES string of the molecule is C[C@H]1CCCN1C(=O)c1ccc(Br)cc1. The highest BCUT2D eigenvalue weighted by Gasteiger charge is 2.25. The molecule has 15 heavy (non-hydrogen) atoms. The molecule has 1 aliphatic heterocycles. The number of hydrogen-bond acceptors (Lipinski definition) is 1. The van der Waals surface area contributed by atoms with Crippen LogP contribution in [0.2, 0.25) is 0 Å². The molecule has 0 bridgehead atoms. The highest BCUT2D eigenvalue weighted by Crippen LogP contribution is 2.20. The first-order chi connectivity index (χ1) is 7.18. The Morgan fingerprint density at radius 2 is 2.07 bits per heavy atom. The lowest BCUT2D eigenvalue weighted by Gasteiger charge is -2.21. The first-order valence-corrected chi connectivity index (χ1v) is 6.04. The van der Waals surface area contributed by atoms with E-state index in [4.69, 9.17) is 0 Å². The number of benzene rings is 1. The Labute approximate surface area is 98.4 Å². The number of likely N-dealkylation sites (tertiary alicyclic amines) is 1. The fraction of sp³-hybridized carbons (Fsp3) is 0.417. The van der Waals surface area contributed by atoms with Gasteiger partial charge in [-0.1, -0.05) is 15.9 Å². The molecule has 1 heterocycles. The van der Waals surface area contributed by atoms with Crippen molar-refractivity contribution in [3.8, 4) is 0 Å². The van der Waals surface area contributed by atoms with Gasteiger partial charge in [0.2, 0.25) is 0 Å². The average molecular weight is 268 g/mol. The lowest BCUT2D eigenvalue weighted by molar-refractivity contribution is 0.0747. The summed E-state index contributed by atoms with van der Waals surface area (Å²) in [5.74, 6) is 0.160. The number of hydrogen-bond donors (Lipinski definition) is 0. The van der Waals surface area contributed by atoms with Crippen LogP contribution in [-0.4, -0.2) is 23.4 Å². The van der Waals surface area contributed by atoms with Crippen LogP contribution in [0.5, 0.6) is 0 Å². The Hall–Kier alpha value is -0.830. The molecule has 2 nitrogen and oxygen atoms in total. The molecule has 3 heteroatoms. The summed E-state index contributed by atoms with van der Waals surface area (Å²) in [5.41, 5.74) is 0.784. The molecule has 0 unspecified atom stereocenters. The molecule has 1 aromatic carbocycles. The van der Waals surface area contributed by atoms with Crippen molar-refractivity contribution < 1.29 is 4.79 Å². The molecule has 1 aromatic rings. The van der Waals surface area contributed by atoms with Crippen molar-refractivity contribution in [3.63, 3.8) is 0 Å². The summed E-state index contributed by atoms with van der Waals surface area (Å²) >= 11 is 3.37. The second-order valence-corrected chi connectivity index (χ2v) is 4.91. The van der Waals surface area contributed by atoms with Gasteiger partial charge in [-0.15, -0.1) is 0 Å². The van der Waals surface area contributed by atoms with E-state index in [1.165, 1.54) is 0 Å². The van der Waals surface area contributed by atoms with Crippen molar-refractivity contribution in [3.05, 3.63) is 34.3 Å². The Morgan fingerprint density at radius 3 is 2.60 bits per heavy atom. The Balaban J connectivity index is 2.17. The lowest BCUT2D eigenvalue weighted by atomic mass is 10.2. The predicted octanol–water partition coefficient (Wildman–Crippen LogP) is 3.07. The standard InChI is InChI=1S/C12H14BrNO/c1-9-3-2-8-14(9)12(15)10-4-6-11(13)7-5-10/h4-7,9H,2-3,8H2,1H3/t9-/m0/s1. The van der Waals surface area contributed by atoms with E-state index in [1.54, 1.807) is 0 Å². The molecule has 0 saturated carbocycles. The molecule has 1 aliphatic rings. The van der Waals surface area contributed by atoms with Gasteiger partial charge in [0.05, 0.1) is 0 Å². The van der Waals surface area contributed by atoms with Gasteiger partial charge in [0.15, 0.2) is 0 Å². The predicted molar refractivity (Wildman–Crippen MR) is 63.9 cm³/mol. The van der Waals surface area contributed by atoms with Gasteiger partial charge < -0.3 is 4.90 Å². The summed E-state index contributed by atoms with van der Waals surface area (Å²) < 4.78 is 1.01. The third-order valence-electron chi connectivity index (χ3n) is 2.91. The Morgan fingerprint density at radius 1 is 1.40 bits per heavy atom. The molecule has 2 rings (SSSR count). The van der Waals surface area contributed by atoms with Crippen molar-refractivity contribution in [1.82, 2.24) is 4.90 Å². The number of nitrogens with zero attached hydrogens (tertiary/aromatic N) is 1. The summed E-state index contributed by atoms with van der Waals surface area (Å²) in [6.07, 6.45) is 2.26. The summed E-state index contributed by atoms with van der Waals surface area (Å²) in [6, 6.07) is 7.96. The second kappa shape index (κ2) is 4.35. The van der Waals surface area contributed by atoms with Crippen LogP contribution in [0, 0.1) is 0 Å². The van der Waals surface area contributed by atoms with Crippen molar-refractivity contribution in [1.29, 1.82) is 0 Å². The second-order valence-electron chi connectivity index (χ2n) is 4.00.